The molecule has 0 amide bonds. The molecule has 0 heterocycles. The van der Waals surface area contributed by atoms with Crippen molar-refractivity contribution in [1.82, 2.24) is 0 Å². The zero-order valence-electron chi connectivity index (χ0n) is 11.5. The van der Waals surface area contributed by atoms with Crippen LogP contribution in [-0.4, -0.2) is 10.2 Å². The van der Waals surface area contributed by atoms with Gasteiger partial charge in [-0.05, 0) is 55.0 Å². The maximum Gasteiger partial charge on any atom is 0.416 e. The number of aromatic hydroxyl groups is 1. The van der Waals surface area contributed by atoms with Gasteiger partial charge in [-0.2, -0.15) is 13.2 Å². The monoisotopic (exact) mass is 326 g/mol. The van der Waals surface area contributed by atoms with Crippen molar-refractivity contribution in [3.05, 3.63) is 53.6 Å². The van der Waals surface area contributed by atoms with Gasteiger partial charge in [0, 0.05) is 5.69 Å². The van der Waals surface area contributed by atoms with E-state index < -0.39 is 11.7 Å². The average molecular weight is 326 g/mol. The first-order valence-electron chi connectivity index (χ1n) is 6.30. The Morgan fingerprint density at radius 1 is 1.09 bits per heavy atom. The topological polar surface area (TPSA) is 44.3 Å². The Morgan fingerprint density at radius 2 is 1.82 bits per heavy atom. The van der Waals surface area contributed by atoms with Crippen LogP contribution in [0.5, 0.6) is 5.75 Å². The van der Waals surface area contributed by atoms with Gasteiger partial charge in [-0.3, -0.25) is 0 Å². The van der Waals surface area contributed by atoms with E-state index >= 15 is 0 Å². The Labute approximate surface area is 130 Å². The van der Waals surface area contributed by atoms with Crippen LogP contribution in [0.25, 0.3) is 0 Å². The van der Waals surface area contributed by atoms with Gasteiger partial charge in [-0.25, -0.2) is 0 Å². The Morgan fingerprint density at radius 3 is 2.45 bits per heavy atom. The van der Waals surface area contributed by atoms with Crippen LogP contribution < -0.4 is 10.6 Å². The molecule has 116 valence electrons. The van der Waals surface area contributed by atoms with Crippen molar-refractivity contribution in [3.63, 3.8) is 0 Å². The molecular formula is C15H13F3N2OS. The number of aryl methyl sites for hydroxylation is 1. The molecule has 0 radical (unpaired) electrons. The quantitative estimate of drug-likeness (QED) is 0.560. The predicted octanol–water partition coefficient (Wildman–Crippen LogP) is 4.53. The fraction of sp³-hybridized carbons (Fsp3) is 0.133. The van der Waals surface area contributed by atoms with Crippen molar-refractivity contribution in [3.8, 4) is 5.75 Å². The minimum Gasteiger partial charge on any atom is -0.506 e. The summed E-state index contributed by atoms with van der Waals surface area (Å²) in [4.78, 5) is 0. The number of thiocarbonyl (C=S) groups is 1. The summed E-state index contributed by atoms with van der Waals surface area (Å²) in [7, 11) is 0. The summed E-state index contributed by atoms with van der Waals surface area (Å²) in [5, 5.41) is 15.2. The minimum absolute atomic E-state index is 0.00759. The summed E-state index contributed by atoms with van der Waals surface area (Å²) in [5.41, 5.74) is 0.687. The molecule has 0 fully saturated rings. The normalized spacial score (nSPS) is 11.1. The first-order valence-corrected chi connectivity index (χ1v) is 6.71. The molecule has 3 N–H and O–H groups in total. The van der Waals surface area contributed by atoms with Crippen molar-refractivity contribution in [1.29, 1.82) is 0 Å². The number of halogens is 3. The van der Waals surface area contributed by atoms with E-state index in [0.717, 1.165) is 17.7 Å². The van der Waals surface area contributed by atoms with Gasteiger partial charge in [-0.1, -0.05) is 12.1 Å². The fourth-order valence-electron chi connectivity index (χ4n) is 1.81. The Balaban J connectivity index is 2.09. The number of phenolic OH excluding ortho intramolecular Hbond substituents is 1. The average Bonchev–Trinajstić information content (AvgIpc) is 2.41. The molecule has 0 saturated carbocycles. The summed E-state index contributed by atoms with van der Waals surface area (Å²) in [5.74, 6) is 0.00759. The van der Waals surface area contributed by atoms with Crippen molar-refractivity contribution in [2.24, 2.45) is 0 Å². The second-order valence-electron chi connectivity index (χ2n) is 4.68. The lowest BCUT2D eigenvalue weighted by atomic mass is 10.2. The summed E-state index contributed by atoms with van der Waals surface area (Å²) in [6.07, 6.45) is -4.41. The Hall–Kier alpha value is -2.28. The van der Waals surface area contributed by atoms with E-state index in [0.29, 0.717) is 5.69 Å². The van der Waals surface area contributed by atoms with Gasteiger partial charge in [0.25, 0.3) is 0 Å². The van der Waals surface area contributed by atoms with Crippen LogP contribution in [-0.2, 0) is 6.18 Å². The predicted molar refractivity (Wildman–Crippen MR) is 84.1 cm³/mol. The summed E-state index contributed by atoms with van der Waals surface area (Å²) >= 11 is 5.03. The molecule has 7 heteroatoms. The van der Waals surface area contributed by atoms with Crippen LogP contribution in [0.4, 0.5) is 24.5 Å². The van der Waals surface area contributed by atoms with E-state index in [2.05, 4.69) is 10.6 Å². The third kappa shape index (κ3) is 4.11. The lowest BCUT2D eigenvalue weighted by Crippen LogP contribution is -2.19. The Bertz CT molecular complexity index is 701. The van der Waals surface area contributed by atoms with Gasteiger partial charge < -0.3 is 15.7 Å². The van der Waals surface area contributed by atoms with Crippen molar-refractivity contribution < 1.29 is 18.3 Å². The summed E-state index contributed by atoms with van der Waals surface area (Å²) in [6.45, 7) is 1.82. The van der Waals surface area contributed by atoms with E-state index in [1.165, 1.54) is 12.1 Å². The van der Waals surface area contributed by atoms with Gasteiger partial charge in [-0.15, -0.1) is 0 Å². The highest BCUT2D eigenvalue weighted by atomic mass is 32.1. The third-order valence-corrected chi connectivity index (χ3v) is 3.05. The van der Waals surface area contributed by atoms with Crippen LogP contribution in [0.3, 0.4) is 0 Å². The second kappa shape index (κ2) is 6.23. The van der Waals surface area contributed by atoms with Gasteiger partial charge in [0.15, 0.2) is 5.11 Å². The number of alkyl halides is 3. The number of benzene rings is 2. The van der Waals surface area contributed by atoms with Gasteiger partial charge in [0.2, 0.25) is 0 Å². The van der Waals surface area contributed by atoms with E-state index in [4.69, 9.17) is 12.2 Å². The van der Waals surface area contributed by atoms with Crippen LogP contribution in [0, 0.1) is 6.92 Å². The number of phenols is 1. The maximum absolute atomic E-state index is 12.6. The first-order chi connectivity index (χ1) is 10.3. The van der Waals surface area contributed by atoms with Crippen LogP contribution in [0.2, 0.25) is 0 Å². The molecule has 0 bridgehead atoms. The molecule has 0 spiro atoms. The van der Waals surface area contributed by atoms with Crippen LogP contribution in [0.15, 0.2) is 42.5 Å². The summed E-state index contributed by atoms with van der Waals surface area (Å²) < 4.78 is 37.9. The molecule has 0 aliphatic heterocycles. The van der Waals surface area contributed by atoms with Gasteiger partial charge >= 0.3 is 6.18 Å². The fourth-order valence-corrected chi connectivity index (χ4v) is 2.03. The maximum atomic E-state index is 12.6. The zero-order valence-corrected chi connectivity index (χ0v) is 12.3. The largest absolute Gasteiger partial charge is 0.506 e. The smallest absolute Gasteiger partial charge is 0.416 e. The highest BCUT2D eigenvalue weighted by Gasteiger charge is 2.30. The number of hydrogen-bond acceptors (Lipinski definition) is 2. The highest BCUT2D eigenvalue weighted by Crippen LogP contribution is 2.30. The number of rotatable bonds is 2. The van der Waals surface area contributed by atoms with Crippen molar-refractivity contribution in [2.45, 2.75) is 13.1 Å². The van der Waals surface area contributed by atoms with Gasteiger partial charge in [0.05, 0.1) is 11.3 Å². The SMILES string of the molecule is Cc1ccc(NC(=S)Nc2cccc(C(F)(F)F)c2)c(O)c1. The molecule has 3 nitrogen and oxygen atoms in total. The van der Waals surface area contributed by atoms with Crippen molar-refractivity contribution >= 4 is 28.7 Å². The molecule has 0 aliphatic rings. The molecule has 0 atom stereocenters. The van der Waals surface area contributed by atoms with E-state index in [-0.39, 0.29) is 16.5 Å². The lowest BCUT2D eigenvalue weighted by molar-refractivity contribution is -0.137. The number of nitrogens with one attached hydrogen (secondary N) is 2. The second-order valence-corrected chi connectivity index (χ2v) is 5.09. The van der Waals surface area contributed by atoms with E-state index in [9.17, 15) is 18.3 Å². The van der Waals surface area contributed by atoms with Crippen LogP contribution >= 0.6 is 12.2 Å². The van der Waals surface area contributed by atoms with Crippen molar-refractivity contribution in [2.75, 3.05) is 10.6 Å². The standard InChI is InChI=1S/C15H13F3N2OS/c1-9-5-6-12(13(21)7-9)20-14(22)19-11-4-2-3-10(8-11)15(16,17)18/h2-8,21H,1H3,(H2,19,20,22). The molecule has 22 heavy (non-hydrogen) atoms. The molecular weight excluding hydrogens is 313 g/mol. The van der Waals surface area contributed by atoms with Gasteiger partial charge in [0.1, 0.15) is 5.75 Å². The summed E-state index contributed by atoms with van der Waals surface area (Å²) in [6, 6.07) is 9.65. The minimum atomic E-state index is -4.41. The molecule has 2 rings (SSSR count). The molecule has 0 saturated heterocycles. The third-order valence-electron chi connectivity index (χ3n) is 2.85. The molecule has 2 aromatic carbocycles. The molecule has 2 aromatic rings. The molecule has 0 aromatic heterocycles. The number of anilines is 2. The number of hydrogen-bond donors (Lipinski definition) is 3. The highest BCUT2D eigenvalue weighted by molar-refractivity contribution is 7.80. The molecule has 0 aliphatic carbocycles. The van der Waals surface area contributed by atoms with Crippen LogP contribution in [0.1, 0.15) is 11.1 Å². The lowest BCUT2D eigenvalue weighted by Gasteiger charge is -2.13. The molecule has 0 unspecified atom stereocenters. The van der Waals surface area contributed by atoms with E-state index in [1.54, 1.807) is 18.2 Å². The zero-order chi connectivity index (χ0) is 16.3. The van der Waals surface area contributed by atoms with E-state index in [1.807, 2.05) is 6.92 Å². The first kappa shape index (κ1) is 16.1. The Kier molecular flexibility index (Phi) is 4.56.